The maximum atomic E-state index is 12.9. The van der Waals surface area contributed by atoms with Crippen LogP contribution in [0.3, 0.4) is 0 Å². The summed E-state index contributed by atoms with van der Waals surface area (Å²) >= 11 is 1.39. The van der Waals surface area contributed by atoms with E-state index in [4.69, 9.17) is 0 Å². The fourth-order valence-corrected chi connectivity index (χ4v) is 4.49. The van der Waals surface area contributed by atoms with Crippen molar-refractivity contribution < 1.29 is 14.4 Å². The van der Waals surface area contributed by atoms with E-state index in [1.807, 2.05) is 41.5 Å². The number of likely N-dealkylation sites (tertiary alicyclic amines) is 1. The van der Waals surface area contributed by atoms with Gasteiger partial charge in [-0.15, -0.1) is 11.3 Å². The third kappa shape index (κ3) is 4.32. The topological polar surface area (TPSA) is 82.6 Å². The van der Waals surface area contributed by atoms with Gasteiger partial charge in [0.1, 0.15) is 0 Å². The number of amides is 3. The molecule has 0 radical (unpaired) electrons. The summed E-state index contributed by atoms with van der Waals surface area (Å²) in [5.41, 5.74) is 1.98. The molecule has 0 saturated carbocycles. The second kappa shape index (κ2) is 8.32. The Morgan fingerprint density at radius 2 is 1.86 bits per heavy atom. The summed E-state index contributed by atoms with van der Waals surface area (Å²) in [6, 6.07) is 7.79. The molecule has 2 aliphatic heterocycles. The van der Waals surface area contributed by atoms with Crippen LogP contribution >= 0.6 is 11.3 Å². The van der Waals surface area contributed by atoms with Crippen LogP contribution in [0.15, 0.2) is 35.8 Å². The van der Waals surface area contributed by atoms with Crippen LogP contribution in [0.1, 0.15) is 24.8 Å². The third-order valence-electron chi connectivity index (χ3n) is 5.66. The van der Waals surface area contributed by atoms with Crippen molar-refractivity contribution in [1.29, 1.82) is 0 Å². The smallest absolute Gasteiger partial charge is 0.229 e. The van der Waals surface area contributed by atoms with Crippen molar-refractivity contribution in [3.05, 3.63) is 41.4 Å². The van der Waals surface area contributed by atoms with Crippen LogP contribution in [0.2, 0.25) is 0 Å². The molecular formula is C21H24N4O3S. The van der Waals surface area contributed by atoms with E-state index in [0.717, 1.165) is 11.3 Å². The van der Waals surface area contributed by atoms with Gasteiger partial charge in [-0.05, 0) is 31.9 Å². The minimum Gasteiger partial charge on any atom is -0.342 e. The lowest BCUT2D eigenvalue weighted by molar-refractivity contribution is -0.138. The van der Waals surface area contributed by atoms with E-state index in [2.05, 4.69) is 10.3 Å². The van der Waals surface area contributed by atoms with Crippen molar-refractivity contribution >= 4 is 39.9 Å². The highest BCUT2D eigenvalue weighted by Gasteiger charge is 2.38. The third-order valence-corrected chi connectivity index (χ3v) is 6.35. The molecule has 2 aromatic rings. The molecule has 0 spiro atoms. The van der Waals surface area contributed by atoms with Gasteiger partial charge in [-0.25, -0.2) is 4.98 Å². The summed E-state index contributed by atoms with van der Waals surface area (Å²) in [6.07, 6.45) is 3.16. The number of carbonyl (C=O) groups excluding carboxylic acids is 3. The molecule has 8 heteroatoms. The molecular weight excluding hydrogens is 388 g/mol. The first-order valence-electron chi connectivity index (χ1n) is 9.87. The molecule has 2 aliphatic rings. The first kappa shape index (κ1) is 19.6. The number of rotatable bonds is 4. The van der Waals surface area contributed by atoms with Gasteiger partial charge in [0.2, 0.25) is 17.7 Å². The number of thiazole rings is 1. The van der Waals surface area contributed by atoms with Gasteiger partial charge in [0.25, 0.3) is 0 Å². The zero-order chi connectivity index (χ0) is 20.4. The second-order valence-electron chi connectivity index (χ2n) is 7.67. The largest absolute Gasteiger partial charge is 0.342 e. The van der Waals surface area contributed by atoms with E-state index in [9.17, 15) is 14.4 Å². The van der Waals surface area contributed by atoms with E-state index in [1.54, 1.807) is 11.1 Å². The standard InChI is InChI=1S/C21H24N4O3S/c1-14-2-4-17(5-3-14)25-13-16(12-18(25)26)20(28)24-9-6-15(7-10-24)19(27)23-21-22-8-11-29-21/h2-5,8,11,15-16H,6-7,9-10,12-13H2,1H3,(H,22,23,27)/t16-/m1/s1. The molecule has 152 valence electrons. The molecule has 4 rings (SSSR count). The molecule has 0 aliphatic carbocycles. The lowest BCUT2D eigenvalue weighted by Crippen LogP contribution is -2.44. The molecule has 2 fully saturated rings. The maximum Gasteiger partial charge on any atom is 0.229 e. The SMILES string of the molecule is Cc1ccc(N2C[C@H](C(=O)N3CCC(C(=O)Nc4nccs4)CC3)CC2=O)cc1. The zero-order valence-electron chi connectivity index (χ0n) is 16.3. The lowest BCUT2D eigenvalue weighted by atomic mass is 9.94. The van der Waals surface area contributed by atoms with Gasteiger partial charge >= 0.3 is 0 Å². The van der Waals surface area contributed by atoms with Crippen molar-refractivity contribution in [3.8, 4) is 0 Å². The molecule has 1 atom stereocenters. The Kier molecular flexibility index (Phi) is 5.62. The molecule has 3 amide bonds. The van der Waals surface area contributed by atoms with Crippen LogP contribution in [0.5, 0.6) is 0 Å². The Morgan fingerprint density at radius 1 is 1.14 bits per heavy atom. The summed E-state index contributed by atoms with van der Waals surface area (Å²) in [4.78, 5) is 45.4. The molecule has 7 nitrogen and oxygen atoms in total. The molecule has 3 heterocycles. The molecule has 1 aromatic carbocycles. The summed E-state index contributed by atoms with van der Waals surface area (Å²) in [7, 11) is 0. The minimum atomic E-state index is -0.315. The van der Waals surface area contributed by atoms with Gasteiger partial charge in [0.05, 0.1) is 5.92 Å². The van der Waals surface area contributed by atoms with Crippen LogP contribution in [0, 0.1) is 18.8 Å². The zero-order valence-corrected chi connectivity index (χ0v) is 17.2. The Morgan fingerprint density at radius 3 is 2.52 bits per heavy atom. The normalized spacial score (nSPS) is 20.2. The number of aryl methyl sites for hydroxylation is 1. The van der Waals surface area contributed by atoms with Gasteiger partial charge in [-0.1, -0.05) is 17.7 Å². The first-order valence-corrected chi connectivity index (χ1v) is 10.8. The maximum absolute atomic E-state index is 12.9. The van der Waals surface area contributed by atoms with Crippen molar-refractivity contribution in [2.45, 2.75) is 26.2 Å². The van der Waals surface area contributed by atoms with Crippen LogP contribution in [-0.2, 0) is 14.4 Å². The second-order valence-corrected chi connectivity index (χ2v) is 8.56. The average molecular weight is 413 g/mol. The number of hydrogen-bond donors (Lipinski definition) is 1. The van der Waals surface area contributed by atoms with Crippen molar-refractivity contribution in [2.75, 3.05) is 29.9 Å². The van der Waals surface area contributed by atoms with E-state index in [-0.39, 0.29) is 36.0 Å². The van der Waals surface area contributed by atoms with Crippen LogP contribution in [0.4, 0.5) is 10.8 Å². The van der Waals surface area contributed by atoms with Crippen molar-refractivity contribution in [1.82, 2.24) is 9.88 Å². The van der Waals surface area contributed by atoms with Gasteiger partial charge < -0.3 is 15.1 Å². The van der Waals surface area contributed by atoms with Crippen molar-refractivity contribution in [2.24, 2.45) is 11.8 Å². The highest BCUT2D eigenvalue weighted by molar-refractivity contribution is 7.13. The number of hydrogen-bond acceptors (Lipinski definition) is 5. The number of aromatic nitrogens is 1. The predicted molar refractivity (Wildman–Crippen MR) is 112 cm³/mol. The fourth-order valence-electron chi connectivity index (χ4n) is 3.96. The van der Waals surface area contributed by atoms with Crippen molar-refractivity contribution in [3.63, 3.8) is 0 Å². The molecule has 1 N–H and O–H groups in total. The van der Waals surface area contributed by atoms with Gasteiger partial charge in [-0.2, -0.15) is 0 Å². The summed E-state index contributed by atoms with van der Waals surface area (Å²) in [6.45, 7) is 3.52. The number of anilines is 2. The number of benzene rings is 1. The fraction of sp³-hybridized carbons (Fsp3) is 0.429. The Bertz CT molecular complexity index is 889. The monoisotopic (exact) mass is 412 g/mol. The number of nitrogens with one attached hydrogen (secondary N) is 1. The minimum absolute atomic E-state index is 0.00934. The van der Waals surface area contributed by atoms with Crippen LogP contribution in [-0.4, -0.2) is 47.2 Å². The molecule has 29 heavy (non-hydrogen) atoms. The Labute approximate surface area is 173 Å². The average Bonchev–Trinajstić information content (AvgIpc) is 3.38. The van der Waals surface area contributed by atoms with E-state index in [0.29, 0.717) is 37.6 Å². The molecule has 1 aromatic heterocycles. The molecule has 0 unspecified atom stereocenters. The van der Waals surface area contributed by atoms with Crippen LogP contribution in [0.25, 0.3) is 0 Å². The van der Waals surface area contributed by atoms with E-state index in [1.165, 1.54) is 11.3 Å². The van der Waals surface area contributed by atoms with E-state index >= 15 is 0 Å². The Hall–Kier alpha value is -2.74. The first-order chi connectivity index (χ1) is 14.0. The lowest BCUT2D eigenvalue weighted by Gasteiger charge is -2.32. The highest BCUT2D eigenvalue weighted by Crippen LogP contribution is 2.28. The number of piperidine rings is 1. The predicted octanol–water partition coefficient (Wildman–Crippen LogP) is 2.68. The molecule has 0 bridgehead atoms. The van der Waals surface area contributed by atoms with E-state index < -0.39 is 0 Å². The van der Waals surface area contributed by atoms with Gasteiger partial charge in [-0.3, -0.25) is 14.4 Å². The summed E-state index contributed by atoms with van der Waals surface area (Å²) in [5.74, 6) is -0.452. The van der Waals surface area contributed by atoms with Crippen LogP contribution < -0.4 is 10.2 Å². The number of nitrogens with zero attached hydrogens (tertiary/aromatic N) is 3. The van der Waals surface area contributed by atoms with Gasteiger partial charge in [0.15, 0.2) is 5.13 Å². The molecule has 2 saturated heterocycles. The summed E-state index contributed by atoms with van der Waals surface area (Å²) in [5, 5.41) is 5.26. The Balaban J connectivity index is 1.31. The van der Waals surface area contributed by atoms with Gasteiger partial charge in [0, 0.05) is 49.2 Å². The number of carbonyl (C=O) groups is 3. The summed E-state index contributed by atoms with van der Waals surface area (Å²) < 4.78 is 0. The highest BCUT2D eigenvalue weighted by atomic mass is 32.1. The quantitative estimate of drug-likeness (QED) is 0.837.